The maximum atomic E-state index is 12.9. The van der Waals surface area contributed by atoms with Crippen LogP contribution in [0.3, 0.4) is 0 Å². The molecule has 0 bridgehead atoms. The van der Waals surface area contributed by atoms with Crippen molar-refractivity contribution < 1.29 is 13.6 Å². The van der Waals surface area contributed by atoms with Gasteiger partial charge in [0.2, 0.25) is 5.91 Å². The highest BCUT2D eigenvalue weighted by atomic mass is 19.3. The molecule has 0 aliphatic heterocycles. The summed E-state index contributed by atoms with van der Waals surface area (Å²) in [5.41, 5.74) is -0.102. The van der Waals surface area contributed by atoms with Gasteiger partial charge < -0.3 is 5.32 Å². The smallest absolute Gasteiger partial charge is 0.259 e. The van der Waals surface area contributed by atoms with Gasteiger partial charge in [-0.05, 0) is 18.8 Å². The van der Waals surface area contributed by atoms with E-state index in [1.54, 1.807) is 0 Å². The molecule has 0 aromatic rings. The van der Waals surface area contributed by atoms with Gasteiger partial charge in [0.1, 0.15) is 5.92 Å². The summed E-state index contributed by atoms with van der Waals surface area (Å²) in [5, 5.41) is 2.66. The van der Waals surface area contributed by atoms with Gasteiger partial charge in [-0.2, -0.15) is 0 Å². The van der Waals surface area contributed by atoms with Crippen LogP contribution in [0.2, 0.25) is 0 Å². The third kappa shape index (κ3) is 4.25. The van der Waals surface area contributed by atoms with Crippen molar-refractivity contribution in [2.45, 2.75) is 66.3 Å². The molecule has 17 heavy (non-hydrogen) atoms. The summed E-state index contributed by atoms with van der Waals surface area (Å²) in [7, 11) is 0. The maximum absolute atomic E-state index is 12.9. The van der Waals surface area contributed by atoms with Crippen LogP contribution in [0.15, 0.2) is 0 Å². The summed E-state index contributed by atoms with van der Waals surface area (Å²) in [6, 6.07) is -0.0959. The van der Waals surface area contributed by atoms with Gasteiger partial charge in [0.25, 0.3) is 5.92 Å². The van der Waals surface area contributed by atoms with Crippen LogP contribution in [0.4, 0.5) is 8.78 Å². The Balaban J connectivity index is 0.00000121. The third-order valence-electron chi connectivity index (χ3n) is 3.25. The van der Waals surface area contributed by atoms with Gasteiger partial charge in [-0.25, -0.2) is 8.78 Å². The van der Waals surface area contributed by atoms with E-state index in [1.165, 1.54) is 0 Å². The molecule has 0 radical (unpaired) electrons. The van der Waals surface area contributed by atoms with Crippen molar-refractivity contribution >= 4 is 5.91 Å². The van der Waals surface area contributed by atoms with E-state index in [0.717, 1.165) is 0 Å². The van der Waals surface area contributed by atoms with Crippen molar-refractivity contribution in [3.63, 3.8) is 0 Å². The van der Waals surface area contributed by atoms with Gasteiger partial charge in [-0.1, -0.05) is 34.6 Å². The summed E-state index contributed by atoms with van der Waals surface area (Å²) in [6.45, 7) is 11.7. The van der Waals surface area contributed by atoms with E-state index in [2.05, 4.69) is 5.32 Å². The van der Waals surface area contributed by atoms with Crippen molar-refractivity contribution in [2.24, 2.45) is 11.3 Å². The molecule has 0 heterocycles. The molecule has 102 valence electrons. The molecule has 1 saturated carbocycles. The Kier molecular flexibility index (Phi) is 5.56. The fourth-order valence-corrected chi connectivity index (χ4v) is 1.36. The fraction of sp³-hybridized carbons (Fsp3) is 0.923. The number of alkyl halides is 2. The van der Waals surface area contributed by atoms with E-state index in [4.69, 9.17) is 0 Å². The number of nitrogens with one attached hydrogen (secondary N) is 1. The third-order valence-corrected chi connectivity index (χ3v) is 3.25. The number of rotatable bonds is 2. The second-order valence-electron chi connectivity index (χ2n) is 5.45. The van der Waals surface area contributed by atoms with Crippen molar-refractivity contribution in [3.8, 4) is 0 Å². The molecular weight excluding hydrogens is 224 g/mol. The van der Waals surface area contributed by atoms with E-state index >= 15 is 0 Å². The lowest BCUT2D eigenvalue weighted by Gasteiger charge is -2.37. The minimum absolute atomic E-state index is 0.0959. The maximum Gasteiger partial charge on any atom is 0.259 e. The van der Waals surface area contributed by atoms with Crippen LogP contribution in [-0.2, 0) is 4.79 Å². The molecule has 2 nitrogen and oxygen atoms in total. The molecule has 0 aromatic carbocycles. The standard InChI is InChI=1S/C11H19F2NO.C2H6/c1-7(10(2,3)4)14-9(15)8-5-6-11(8,12)13;1-2/h7-8H,5-6H2,1-4H3,(H,14,15);1-2H3. The highest BCUT2D eigenvalue weighted by Crippen LogP contribution is 2.43. The van der Waals surface area contributed by atoms with Gasteiger partial charge in [0.05, 0.1) is 0 Å². The van der Waals surface area contributed by atoms with Crippen LogP contribution in [0, 0.1) is 11.3 Å². The van der Waals surface area contributed by atoms with Crippen LogP contribution in [-0.4, -0.2) is 17.9 Å². The van der Waals surface area contributed by atoms with E-state index in [0.29, 0.717) is 6.42 Å². The van der Waals surface area contributed by atoms with Crippen LogP contribution in [0.5, 0.6) is 0 Å². The predicted molar refractivity (Wildman–Crippen MR) is 66.1 cm³/mol. The van der Waals surface area contributed by atoms with Crippen LogP contribution in [0.25, 0.3) is 0 Å². The molecule has 1 N–H and O–H groups in total. The molecule has 2 atom stereocenters. The van der Waals surface area contributed by atoms with E-state index in [1.807, 2.05) is 41.5 Å². The van der Waals surface area contributed by atoms with Crippen molar-refractivity contribution in [1.82, 2.24) is 5.32 Å². The monoisotopic (exact) mass is 249 g/mol. The van der Waals surface area contributed by atoms with E-state index in [-0.39, 0.29) is 17.9 Å². The van der Waals surface area contributed by atoms with Crippen molar-refractivity contribution in [2.75, 3.05) is 0 Å². The zero-order valence-electron chi connectivity index (χ0n) is 11.7. The van der Waals surface area contributed by atoms with Gasteiger partial charge in [-0.3, -0.25) is 4.79 Å². The SMILES string of the molecule is CC.CC(NC(=O)C1CCC1(F)F)C(C)(C)C. The second-order valence-corrected chi connectivity index (χ2v) is 5.45. The van der Waals surface area contributed by atoms with E-state index < -0.39 is 17.7 Å². The Labute approximate surface area is 103 Å². The lowest BCUT2D eigenvalue weighted by atomic mass is 9.79. The number of hydrogen-bond donors (Lipinski definition) is 1. The molecule has 0 aromatic heterocycles. The molecule has 1 amide bonds. The lowest BCUT2D eigenvalue weighted by molar-refractivity contribution is -0.163. The topological polar surface area (TPSA) is 29.1 Å². The summed E-state index contributed by atoms with van der Waals surface area (Å²) in [6.07, 6.45) is 0.144. The van der Waals surface area contributed by atoms with Gasteiger partial charge >= 0.3 is 0 Å². The van der Waals surface area contributed by atoms with E-state index in [9.17, 15) is 13.6 Å². The minimum atomic E-state index is -2.79. The van der Waals surface area contributed by atoms with Crippen molar-refractivity contribution in [1.29, 1.82) is 0 Å². The predicted octanol–water partition coefficient (Wildman–Crippen LogP) is 3.61. The molecule has 1 fully saturated rings. The Morgan fingerprint density at radius 1 is 1.35 bits per heavy atom. The average Bonchev–Trinajstić information content (AvgIpc) is 2.17. The quantitative estimate of drug-likeness (QED) is 0.796. The Morgan fingerprint density at radius 3 is 2.06 bits per heavy atom. The summed E-state index contributed by atoms with van der Waals surface area (Å²) < 4.78 is 25.9. The molecule has 0 saturated heterocycles. The first-order chi connectivity index (χ1) is 7.64. The van der Waals surface area contributed by atoms with Crippen molar-refractivity contribution in [3.05, 3.63) is 0 Å². The number of carbonyl (C=O) groups is 1. The number of carbonyl (C=O) groups excluding carboxylic acids is 1. The normalized spacial score (nSPS) is 23.9. The van der Waals surface area contributed by atoms with Gasteiger partial charge in [-0.15, -0.1) is 0 Å². The molecule has 0 spiro atoms. The highest BCUT2D eigenvalue weighted by Gasteiger charge is 2.52. The highest BCUT2D eigenvalue weighted by molar-refractivity contribution is 5.81. The average molecular weight is 249 g/mol. The zero-order chi connectivity index (χ0) is 13.9. The van der Waals surface area contributed by atoms with Gasteiger partial charge in [0.15, 0.2) is 0 Å². The van der Waals surface area contributed by atoms with Gasteiger partial charge in [0, 0.05) is 12.5 Å². The first kappa shape index (κ1) is 16.3. The summed E-state index contributed by atoms with van der Waals surface area (Å²) in [4.78, 5) is 11.5. The Hall–Kier alpha value is -0.670. The molecule has 1 rings (SSSR count). The molecule has 4 heteroatoms. The van der Waals surface area contributed by atoms with Crippen LogP contribution in [0.1, 0.15) is 54.4 Å². The molecule has 2 unspecified atom stereocenters. The Bertz CT molecular complexity index is 259. The van der Waals surface area contributed by atoms with Crippen LogP contribution < -0.4 is 5.32 Å². The summed E-state index contributed by atoms with van der Waals surface area (Å²) >= 11 is 0. The second kappa shape index (κ2) is 5.78. The summed E-state index contributed by atoms with van der Waals surface area (Å²) in [5.74, 6) is -4.40. The van der Waals surface area contributed by atoms with Crippen LogP contribution >= 0.6 is 0 Å². The molecule has 1 aliphatic rings. The minimum Gasteiger partial charge on any atom is -0.353 e. The Morgan fingerprint density at radius 2 is 1.82 bits per heavy atom. The number of amides is 1. The first-order valence-electron chi connectivity index (χ1n) is 6.33. The molecule has 1 aliphatic carbocycles. The number of halogens is 2. The first-order valence-corrected chi connectivity index (χ1v) is 6.33. The largest absolute Gasteiger partial charge is 0.353 e. The fourth-order valence-electron chi connectivity index (χ4n) is 1.36. The lowest BCUT2D eigenvalue weighted by Crippen LogP contribution is -2.52. The zero-order valence-corrected chi connectivity index (χ0v) is 11.7. The molecular formula is C13H25F2NO. The number of hydrogen-bond acceptors (Lipinski definition) is 1.